The van der Waals surface area contributed by atoms with Gasteiger partial charge >= 0.3 is 0 Å². The van der Waals surface area contributed by atoms with Gasteiger partial charge in [-0.3, -0.25) is 0 Å². The van der Waals surface area contributed by atoms with Crippen LogP contribution in [-0.4, -0.2) is 24.3 Å². The lowest BCUT2D eigenvalue weighted by Crippen LogP contribution is -2.34. The average molecular weight is 196 g/mol. The van der Waals surface area contributed by atoms with Crippen LogP contribution in [0.4, 0.5) is 0 Å². The molecule has 0 spiro atoms. The highest BCUT2D eigenvalue weighted by molar-refractivity contribution is 5.55. The first-order valence-electron chi connectivity index (χ1n) is 5.42. The van der Waals surface area contributed by atoms with Crippen LogP contribution in [0.25, 0.3) is 0 Å². The molecule has 5 atom stereocenters. The Morgan fingerprint density at radius 2 is 1.93 bits per heavy atom. The smallest absolute Gasteiger partial charge is 0.163 e. The van der Waals surface area contributed by atoms with Crippen molar-refractivity contribution in [3.8, 4) is 0 Å². The van der Waals surface area contributed by atoms with E-state index < -0.39 is 5.79 Å². The van der Waals surface area contributed by atoms with Crippen LogP contribution in [0.1, 0.15) is 26.7 Å². The summed E-state index contributed by atoms with van der Waals surface area (Å²) in [7, 11) is 0. The number of aldehydes is 1. The van der Waals surface area contributed by atoms with Gasteiger partial charge in [0.05, 0.1) is 12.2 Å². The van der Waals surface area contributed by atoms with Gasteiger partial charge in [-0.2, -0.15) is 0 Å². The van der Waals surface area contributed by atoms with Crippen LogP contribution in [0.2, 0.25) is 0 Å². The van der Waals surface area contributed by atoms with Crippen molar-refractivity contribution in [2.24, 2.45) is 17.8 Å². The molecule has 0 aromatic carbocycles. The maximum Gasteiger partial charge on any atom is 0.163 e. The molecule has 0 amide bonds. The molecule has 1 unspecified atom stereocenters. The summed E-state index contributed by atoms with van der Waals surface area (Å²) in [5.41, 5.74) is 0. The van der Waals surface area contributed by atoms with Crippen molar-refractivity contribution in [2.45, 2.75) is 44.7 Å². The first-order chi connectivity index (χ1) is 6.61. The number of fused-ring (bicyclic) bond motifs is 5. The largest absolute Gasteiger partial charge is 0.344 e. The molecular weight excluding hydrogens is 180 g/mol. The van der Waals surface area contributed by atoms with Crippen molar-refractivity contribution >= 4 is 6.29 Å². The van der Waals surface area contributed by atoms with E-state index in [4.69, 9.17) is 9.47 Å². The van der Waals surface area contributed by atoms with E-state index in [1.54, 1.807) is 0 Å². The number of rotatable bonds is 1. The van der Waals surface area contributed by atoms with Crippen LogP contribution >= 0.6 is 0 Å². The minimum Gasteiger partial charge on any atom is -0.344 e. The number of ether oxygens (including phenoxy) is 2. The Kier molecular flexibility index (Phi) is 1.63. The number of carbonyl (C=O) groups excluding carboxylic acids is 1. The molecular formula is C11H16O3. The fraction of sp³-hybridized carbons (Fsp3) is 0.909. The predicted octanol–water partition coefficient (Wildman–Crippen LogP) is 1.36. The van der Waals surface area contributed by atoms with E-state index in [1.807, 2.05) is 13.8 Å². The molecule has 1 heterocycles. The zero-order valence-electron chi connectivity index (χ0n) is 8.60. The van der Waals surface area contributed by atoms with E-state index in [-0.39, 0.29) is 18.1 Å². The minimum absolute atomic E-state index is 0.180. The Bertz CT molecular complexity index is 274. The van der Waals surface area contributed by atoms with E-state index in [0.717, 1.165) is 19.1 Å². The van der Waals surface area contributed by atoms with E-state index in [2.05, 4.69) is 0 Å². The Hall–Kier alpha value is -0.410. The first kappa shape index (κ1) is 8.86. The summed E-state index contributed by atoms with van der Waals surface area (Å²) >= 11 is 0. The molecule has 2 bridgehead atoms. The molecule has 0 N–H and O–H groups in total. The lowest BCUT2D eigenvalue weighted by Gasteiger charge is -2.25. The summed E-state index contributed by atoms with van der Waals surface area (Å²) < 4.78 is 11.7. The molecule has 3 nitrogen and oxygen atoms in total. The van der Waals surface area contributed by atoms with Crippen LogP contribution in [0.5, 0.6) is 0 Å². The minimum atomic E-state index is -0.440. The van der Waals surface area contributed by atoms with Crippen LogP contribution < -0.4 is 0 Å². The highest BCUT2D eigenvalue weighted by atomic mass is 16.8. The number of hydrogen-bond donors (Lipinski definition) is 0. The van der Waals surface area contributed by atoms with Crippen molar-refractivity contribution < 1.29 is 14.3 Å². The standard InChI is InChI=1S/C11H16O3/c1-11(2)13-9-6-3-7(5-12)8(4-6)10(9)14-11/h5-10H,3-4H2,1-2H3/t6-,7?,8-,9+,10-/m1/s1. The van der Waals surface area contributed by atoms with Crippen LogP contribution in [0.3, 0.4) is 0 Å². The second kappa shape index (κ2) is 2.58. The van der Waals surface area contributed by atoms with Gasteiger partial charge in [0, 0.05) is 5.92 Å². The lowest BCUT2D eigenvalue weighted by atomic mass is 9.86. The van der Waals surface area contributed by atoms with Crippen molar-refractivity contribution in [3.05, 3.63) is 0 Å². The van der Waals surface area contributed by atoms with Crippen molar-refractivity contribution in [2.75, 3.05) is 0 Å². The van der Waals surface area contributed by atoms with Gasteiger partial charge in [-0.15, -0.1) is 0 Å². The molecule has 3 heteroatoms. The Balaban J connectivity index is 1.85. The van der Waals surface area contributed by atoms with E-state index in [0.29, 0.717) is 11.8 Å². The summed E-state index contributed by atoms with van der Waals surface area (Å²) in [6.07, 6.45) is 3.67. The van der Waals surface area contributed by atoms with Gasteiger partial charge in [-0.1, -0.05) is 0 Å². The normalized spacial score (nSPS) is 53.4. The second-order valence-electron chi connectivity index (χ2n) is 5.26. The Labute approximate surface area is 83.8 Å². The van der Waals surface area contributed by atoms with Crippen molar-refractivity contribution in [1.82, 2.24) is 0 Å². The van der Waals surface area contributed by atoms with Crippen LogP contribution in [0, 0.1) is 17.8 Å². The summed E-state index contributed by atoms with van der Waals surface area (Å²) in [4.78, 5) is 10.9. The third kappa shape index (κ3) is 1.03. The Morgan fingerprint density at radius 1 is 1.21 bits per heavy atom. The van der Waals surface area contributed by atoms with Crippen molar-refractivity contribution in [3.63, 3.8) is 0 Å². The van der Waals surface area contributed by atoms with E-state index >= 15 is 0 Å². The summed E-state index contributed by atoms with van der Waals surface area (Å²) in [5, 5.41) is 0. The highest BCUT2D eigenvalue weighted by Gasteiger charge is 2.59. The zero-order valence-corrected chi connectivity index (χ0v) is 8.60. The van der Waals surface area contributed by atoms with Gasteiger partial charge in [0.25, 0.3) is 0 Å². The number of hydrogen-bond acceptors (Lipinski definition) is 3. The van der Waals surface area contributed by atoms with Gasteiger partial charge in [0.1, 0.15) is 6.29 Å². The van der Waals surface area contributed by atoms with Crippen LogP contribution in [-0.2, 0) is 14.3 Å². The van der Waals surface area contributed by atoms with Gasteiger partial charge in [0.15, 0.2) is 5.79 Å². The molecule has 1 saturated heterocycles. The van der Waals surface area contributed by atoms with Crippen LogP contribution in [0.15, 0.2) is 0 Å². The molecule has 2 saturated carbocycles. The van der Waals surface area contributed by atoms with Gasteiger partial charge in [-0.25, -0.2) is 0 Å². The van der Waals surface area contributed by atoms with E-state index in [9.17, 15) is 4.79 Å². The summed E-state index contributed by atoms with van der Waals surface area (Å²) in [6, 6.07) is 0. The molecule has 0 aromatic rings. The molecule has 3 aliphatic rings. The third-order valence-corrected chi connectivity index (χ3v) is 3.92. The van der Waals surface area contributed by atoms with Gasteiger partial charge in [0.2, 0.25) is 0 Å². The molecule has 14 heavy (non-hydrogen) atoms. The molecule has 2 aliphatic carbocycles. The molecule has 1 aliphatic heterocycles. The van der Waals surface area contributed by atoms with E-state index in [1.165, 1.54) is 0 Å². The summed E-state index contributed by atoms with van der Waals surface area (Å²) in [6.45, 7) is 3.92. The predicted molar refractivity (Wildman–Crippen MR) is 49.6 cm³/mol. The Morgan fingerprint density at radius 3 is 2.64 bits per heavy atom. The maximum absolute atomic E-state index is 10.9. The average Bonchev–Trinajstić information content (AvgIpc) is 2.70. The SMILES string of the molecule is CC1(C)O[C@H]2[C@@H]3CC(C=O)[C@@H](C3)[C@H]2O1. The zero-order chi connectivity index (χ0) is 9.92. The lowest BCUT2D eigenvalue weighted by molar-refractivity contribution is -0.158. The molecule has 78 valence electrons. The fourth-order valence-corrected chi connectivity index (χ4v) is 3.46. The molecule has 3 fully saturated rings. The number of carbonyl (C=O) groups is 1. The topological polar surface area (TPSA) is 35.5 Å². The highest BCUT2D eigenvalue weighted by Crippen LogP contribution is 2.54. The van der Waals surface area contributed by atoms with Gasteiger partial charge < -0.3 is 14.3 Å². The molecule has 3 rings (SSSR count). The quantitative estimate of drug-likeness (QED) is 0.594. The molecule has 0 aromatic heterocycles. The molecule has 0 radical (unpaired) electrons. The van der Waals surface area contributed by atoms with Crippen molar-refractivity contribution in [1.29, 1.82) is 0 Å². The first-order valence-corrected chi connectivity index (χ1v) is 5.42. The second-order valence-corrected chi connectivity index (χ2v) is 5.26. The summed E-state index contributed by atoms with van der Waals surface area (Å²) in [5.74, 6) is 0.759. The fourth-order valence-electron chi connectivity index (χ4n) is 3.46. The van der Waals surface area contributed by atoms with Gasteiger partial charge in [-0.05, 0) is 38.5 Å². The maximum atomic E-state index is 10.9. The third-order valence-electron chi connectivity index (χ3n) is 3.92. The monoisotopic (exact) mass is 196 g/mol.